The fourth-order valence-corrected chi connectivity index (χ4v) is 9.31. The topological polar surface area (TPSA) is 106 Å². The minimum atomic E-state index is -1.32. The Labute approximate surface area is 286 Å². The van der Waals surface area contributed by atoms with Gasteiger partial charge in [0.2, 0.25) is 0 Å². The molecule has 5 atom stereocenters. The van der Waals surface area contributed by atoms with E-state index in [1.807, 2.05) is 42.5 Å². The van der Waals surface area contributed by atoms with Crippen LogP contribution in [0.4, 0.5) is 15.8 Å². The summed E-state index contributed by atoms with van der Waals surface area (Å²) in [5.74, 6) is -1.23. The molecule has 7 nitrogen and oxygen atoms in total. The van der Waals surface area contributed by atoms with Crippen LogP contribution in [0.1, 0.15) is 79.8 Å². The third kappa shape index (κ3) is 5.21. The van der Waals surface area contributed by atoms with Crippen molar-refractivity contribution in [3.8, 4) is 0 Å². The average molecular weight is 671 g/mol. The smallest absolute Gasteiger partial charge is 0.147 e. The van der Waals surface area contributed by atoms with E-state index in [4.69, 9.17) is 32.5 Å². The van der Waals surface area contributed by atoms with E-state index in [9.17, 15) is 5.21 Å². The van der Waals surface area contributed by atoms with Gasteiger partial charge in [-0.25, -0.2) is 4.39 Å². The summed E-state index contributed by atoms with van der Waals surface area (Å²) >= 11 is 6.54. The Kier molecular flexibility index (Phi) is 8.77. The van der Waals surface area contributed by atoms with Gasteiger partial charge in [-0.05, 0) is 66.0 Å². The molecule has 3 aliphatic rings. The van der Waals surface area contributed by atoms with Crippen molar-refractivity contribution in [3.63, 3.8) is 0 Å². The Bertz CT molecular complexity index is 1750. The molecule has 3 fully saturated rings. The number of fused-ring (bicyclic) bond motifs is 2. The van der Waals surface area contributed by atoms with Gasteiger partial charge in [-0.3, -0.25) is 4.90 Å². The molecular formula is C39H44ClFN4O3. The van der Waals surface area contributed by atoms with Crippen LogP contribution in [0.5, 0.6) is 0 Å². The number of hydrogen-bond acceptors (Lipinski definition) is 7. The van der Waals surface area contributed by atoms with Gasteiger partial charge in [-0.15, -0.1) is 0 Å². The summed E-state index contributed by atoms with van der Waals surface area (Å²) in [4.78, 5) is 2.50. The first-order chi connectivity index (χ1) is 23.1. The van der Waals surface area contributed by atoms with Crippen LogP contribution in [0.15, 0.2) is 97.1 Å². The predicted octanol–water partition coefficient (Wildman–Crippen LogP) is 8.11. The third-order valence-corrected chi connectivity index (χ3v) is 11.6. The van der Waals surface area contributed by atoms with E-state index in [-0.39, 0.29) is 29.9 Å². The van der Waals surface area contributed by atoms with Crippen molar-refractivity contribution in [1.82, 2.24) is 10.4 Å². The molecule has 1 spiro atoms. The van der Waals surface area contributed by atoms with E-state index in [0.29, 0.717) is 35.3 Å². The molecule has 252 valence electrons. The second-order valence-electron chi connectivity index (χ2n) is 14.4. The summed E-state index contributed by atoms with van der Waals surface area (Å²) in [7, 11) is 0. The van der Waals surface area contributed by atoms with Crippen LogP contribution in [-0.4, -0.2) is 35.1 Å². The zero-order valence-corrected chi connectivity index (χ0v) is 28.2. The van der Waals surface area contributed by atoms with Gasteiger partial charge in [-0.2, -0.15) is 5.48 Å². The van der Waals surface area contributed by atoms with Crippen molar-refractivity contribution in [3.05, 3.63) is 130 Å². The largest absolute Gasteiger partial charge is 0.399 e. The molecule has 7 rings (SSSR count). The molecule has 2 aliphatic heterocycles. The Morgan fingerprint density at radius 3 is 2.19 bits per heavy atom. The Morgan fingerprint density at radius 1 is 0.875 bits per heavy atom. The SMILES string of the molecule is CC1(C)CCC2(CC1)N1[C@H](c3ccccc3)[C@H](c3ccccc3)OCOC[C@H]1[C@H](c1cccc(Cl)c1F)[C@]2(NO)c1ccc(N)cc1N. The van der Waals surface area contributed by atoms with Gasteiger partial charge in [0, 0.05) is 34.4 Å². The van der Waals surface area contributed by atoms with Crippen LogP contribution < -0.4 is 16.9 Å². The predicted molar refractivity (Wildman–Crippen MR) is 187 cm³/mol. The number of nitrogens with two attached hydrogens (primary N) is 2. The molecule has 2 saturated heterocycles. The van der Waals surface area contributed by atoms with Crippen molar-refractivity contribution in [2.75, 3.05) is 24.9 Å². The highest BCUT2D eigenvalue weighted by Gasteiger charge is 2.72. The highest BCUT2D eigenvalue weighted by Crippen LogP contribution is 2.67. The quantitative estimate of drug-likeness (QED) is 0.126. The van der Waals surface area contributed by atoms with Crippen LogP contribution in [-0.2, 0) is 15.0 Å². The van der Waals surface area contributed by atoms with Gasteiger partial charge in [0.15, 0.2) is 0 Å². The van der Waals surface area contributed by atoms with E-state index >= 15 is 4.39 Å². The normalized spacial score (nSPS) is 28.4. The third-order valence-electron chi connectivity index (χ3n) is 11.3. The minimum Gasteiger partial charge on any atom is -0.399 e. The molecule has 2 heterocycles. The first kappa shape index (κ1) is 33.0. The van der Waals surface area contributed by atoms with Gasteiger partial charge < -0.3 is 26.1 Å². The highest BCUT2D eigenvalue weighted by atomic mass is 35.5. The van der Waals surface area contributed by atoms with Crippen LogP contribution in [0.3, 0.4) is 0 Å². The maximum atomic E-state index is 16.6. The van der Waals surface area contributed by atoms with Crippen molar-refractivity contribution < 1.29 is 19.1 Å². The molecule has 4 aromatic rings. The molecule has 9 heteroatoms. The molecule has 0 unspecified atom stereocenters. The molecule has 0 aromatic heterocycles. The van der Waals surface area contributed by atoms with Gasteiger partial charge in [0.05, 0.1) is 23.2 Å². The molecule has 1 aliphatic carbocycles. The highest BCUT2D eigenvalue weighted by molar-refractivity contribution is 6.30. The molecule has 1 saturated carbocycles. The Hall–Kier alpha value is -3.50. The van der Waals surface area contributed by atoms with Crippen LogP contribution in [0.2, 0.25) is 5.02 Å². The van der Waals surface area contributed by atoms with Gasteiger partial charge >= 0.3 is 0 Å². The van der Waals surface area contributed by atoms with Crippen molar-refractivity contribution >= 4 is 23.0 Å². The lowest BCUT2D eigenvalue weighted by molar-refractivity contribution is -0.178. The Morgan fingerprint density at radius 2 is 1.54 bits per heavy atom. The number of halogens is 2. The molecule has 0 radical (unpaired) electrons. The summed E-state index contributed by atoms with van der Waals surface area (Å²) in [6.07, 6.45) is 2.62. The van der Waals surface area contributed by atoms with Crippen molar-refractivity contribution in [2.24, 2.45) is 5.41 Å². The van der Waals surface area contributed by atoms with E-state index in [0.717, 1.165) is 24.0 Å². The minimum absolute atomic E-state index is 0.0127. The lowest BCUT2D eigenvalue weighted by Gasteiger charge is -2.58. The monoisotopic (exact) mass is 670 g/mol. The summed E-state index contributed by atoms with van der Waals surface area (Å²) in [6, 6.07) is 30.2. The van der Waals surface area contributed by atoms with E-state index in [1.54, 1.807) is 30.3 Å². The number of hydroxylamine groups is 1. The molecule has 4 aromatic carbocycles. The summed E-state index contributed by atoms with van der Waals surface area (Å²) in [5, 5.41) is 12.0. The number of benzene rings is 4. The number of nitrogen functional groups attached to an aromatic ring is 2. The van der Waals surface area contributed by atoms with E-state index < -0.39 is 35.0 Å². The summed E-state index contributed by atoms with van der Waals surface area (Å²) < 4.78 is 29.6. The lowest BCUT2D eigenvalue weighted by Crippen LogP contribution is -2.66. The van der Waals surface area contributed by atoms with Crippen LogP contribution >= 0.6 is 11.6 Å². The number of rotatable bonds is 5. The van der Waals surface area contributed by atoms with E-state index in [2.05, 4.69) is 48.5 Å². The zero-order chi connectivity index (χ0) is 33.7. The summed E-state index contributed by atoms with van der Waals surface area (Å²) in [5.41, 5.74) is 18.0. The fourth-order valence-electron chi connectivity index (χ4n) is 9.13. The second-order valence-corrected chi connectivity index (χ2v) is 14.8. The van der Waals surface area contributed by atoms with Crippen LogP contribution in [0, 0.1) is 11.2 Å². The number of nitrogens with zero attached hydrogens (tertiary/aromatic N) is 1. The maximum Gasteiger partial charge on any atom is 0.147 e. The standard InChI is InChI=1S/C39H44ClFN4O3/c1-37(2)18-20-38(21-19-37)39(44-46,29-17-16-27(42)22-31(29)43)33(28-14-9-15-30(40)34(28)41)32-23-47-24-48-36(26-12-7-4-8-13-26)35(45(32)38)25-10-5-3-6-11-25/h3-17,22,32-33,35-36,44,46H,18-21,23-24,42-43H2,1-2H3/t32-,33-,35+,36-,39+/m0/s1. The first-order valence-corrected chi connectivity index (χ1v) is 17.1. The molecule has 0 amide bonds. The van der Waals surface area contributed by atoms with Gasteiger partial charge in [0.25, 0.3) is 0 Å². The number of ether oxygens (including phenoxy) is 2. The first-order valence-electron chi connectivity index (χ1n) is 16.7. The number of anilines is 2. The van der Waals surface area contributed by atoms with Gasteiger partial charge in [-0.1, -0.05) is 104 Å². The van der Waals surface area contributed by atoms with Crippen molar-refractivity contribution in [1.29, 1.82) is 0 Å². The lowest BCUT2D eigenvalue weighted by atomic mass is 9.57. The van der Waals surface area contributed by atoms with E-state index in [1.165, 1.54) is 0 Å². The molecule has 48 heavy (non-hydrogen) atoms. The van der Waals surface area contributed by atoms with Crippen LogP contribution in [0.25, 0.3) is 0 Å². The molecule has 6 N–H and O–H groups in total. The maximum absolute atomic E-state index is 16.6. The Balaban J connectivity index is 1.60. The second kappa shape index (κ2) is 12.8. The summed E-state index contributed by atoms with van der Waals surface area (Å²) in [6.45, 7) is 4.83. The fraction of sp³-hybridized carbons (Fsp3) is 0.385. The molecule has 0 bridgehead atoms. The number of nitrogens with one attached hydrogen (secondary N) is 1. The number of hydrogen-bond donors (Lipinski definition) is 4. The average Bonchev–Trinajstić information content (AvgIpc) is 3.29. The zero-order valence-electron chi connectivity index (χ0n) is 27.4. The van der Waals surface area contributed by atoms with Gasteiger partial charge in [0.1, 0.15) is 18.7 Å². The molecular weight excluding hydrogens is 627 g/mol. The van der Waals surface area contributed by atoms with Crippen molar-refractivity contribution in [2.45, 2.75) is 74.7 Å².